The molecule has 1 saturated carbocycles. The van der Waals surface area contributed by atoms with E-state index < -0.39 is 12.0 Å². The first-order valence-corrected chi connectivity index (χ1v) is 14.9. The highest BCUT2D eigenvalue weighted by Crippen LogP contribution is 2.40. The van der Waals surface area contributed by atoms with Crippen molar-refractivity contribution < 1.29 is 27.9 Å². The van der Waals surface area contributed by atoms with Crippen molar-refractivity contribution in [3.05, 3.63) is 71.0 Å². The van der Waals surface area contributed by atoms with Crippen LogP contribution in [0.5, 0.6) is 0 Å². The second-order valence-electron chi connectivity index (χ2n) is 11.8. The Hall–Kier alpha value is -3.48. The molecule has 0 radical (unpaired) electrons. The maximum Gasteiger partial charge on any atom is 0.374 e. The van der Waals surface area contributed by atoms with Gasteiger partial charge in [-0.15, -0.1) is 0 Å². The van der Waals surface area contributed by atoms with E-state index in [4.69, 9.17) is 9.15 Å². The van der Waals surface area contributed by atoms with Crippen LogP contribution in [0, 0.1) is 24.7 Å². The summed E-state index contributed by atoms with van der Waals surface area (Å²) >= 11 is 0. The van der Waals surface area contributed by atoms with Crippen LogP contribution < -0.4 is 0 Å². The van der Waals surface area contributed by atoms with Gasteiger partial charge in [0, 0.05) is 30.2 Å². The van der Waals surface area contributed by atoms with Gasteiger partial charge in [-0.2, -0.15) is 0 Å². The molecule has 1 aliphatic carbocycles. The number of fused-ring (bicyclic) bond motifs is 1. The molecule has 0 bridgehead atoms. The molecule has 0 N–H and O–H groups in total. The standard InChI is InChI=1S/C34H40FNO5/c1-4-40-34(39)31-19-26-17-23(9-14-30(26)41-31)18-29(37)32-28(27-8-6-5-7-21(27)2)15-16-36(32)33(38)25-12-10-24(11-13-25)22(3)20-35/h5-9,14,17,19,22,24-25,28,32H,4,10-13,15-16,18,20H2,1-3H3/t22-,24?,25?,28+,32+/m1/s1. The van der Waals surface area contributed by atoms with E-state index in [0.29, 0.717) is 18.0 Å². The van der Waals surface area contributed by atoms with Gasteiger partial charge in [0.2, 0.25) is 11.7 Å². The topological polar surface area (TPSA) is 76.8 Å². The predicted molar refractivity (Wildman–Crippen MR) is 156 cm³/mol. The van der Waals surface area contributed by atoms with Crippen molar-refractivity contribution in [1.29, 1.82) is 0 Å². The van der Waals surface area contributed by atoms with E-state index in [1.165, 1.54) is 0 Å². The number of esters is 1. The van der Waals surface area contributed by atoms with Crippen molar-refractivity contribution in [2.45, 2.75) is 71.3 Å². The average Bonchev–Trinajstić information content (AvgIpc) is 3.61. The summed E-state index contributed by atoms with van der Waals surface area (Å²) in [5.41, 5.74) is 3.60. The SMILES string of the molecule is CCOC(=O)c1cc2cc(CC(=O)[C@@H]3[C@H](c4ccccc4C)CCN3C(=O)C3CCC([C@H](C)CF)CC3)ccc2o1. The quantitative estimate of drug-likeness (QED) is 0.268. The monoisotopic (exact) mass is 561 g/mol. The number of hydrogen-bond donors (Lipinski definition) is 0. The minimum atomic E-state index is -0.541. The third kappa shape index (κ3) is 6.09. The van der Waals surface area contributed by atoms with E-state index in [2.05, 4.69) is 19.1 Å². The molecular formula is C34H40FNO5. The number of amides is 1. The molecular weight excluding hydrogens is 521 g/mol. The van der Waals surface area contributed by atoms with Crippen LogP contribution in [0.3, 0.4) is 0 Å². The number of nitrogens with zero attached hydrogens (tertiary/aromatic N) is 1. The van der Waals surface area contributed by atoms with E-state index >= 15 is 0 Å². The average molecular weight is 562 g/mol. The largest absolute Gasteiger partial charge is 0.460 e. The molecule has 3 aromatic rings. The Morgan fingerprint density at radius 2 is 1.80 bits per heavy atom. The molecule has 1 aromatic heterocycles. The van der Waals surface area contributed by atoms with Gasteiger partial charge in [0.15, 0.2) is 5.78 Å². The van der Waals surface area contributed by atoms with E-state index in [0.717, 1.165) is 54.2 Å². The van der Waals surface area contributed by atoms with E-state index in [-0.39, 0.29) is 54.9 Å². The summed E-state index contributed by atoms with van der Waals surface area (Å²) in [5, 5.41) is 0.729. The fourth-order valence-corrected chi connectivity index (χ4v) is 6.87. The van der Waals surface area contributed by atoms with Gasteiger partial charge in [-0.1, -0.05) is 37.3 Å². The first-order chi connectivity index (χ1) is 19.8. The molecule has 7 heteroatoms. The summed E-state index contributed by atoms with van der Waals surface area (Å²) in [7, 11) is 0. The number of alkyl halides is 1. The number of benzene rings is 2. The number of likely N-dealkylation sites (tertiary alicyclic amines) is 1. The van der Waals surface area contributed by atoms with Crippen LogP contribution in [0.1, 0.15) is 79.1 Å². The Bertz CT molecular complexity index is 1410. The molecule has 41 heavy (non-hydrogen) atoms. The highest BCUT2D eigenvalue weighted by molar-refractivity contribution is 5.95. The molecule has 2 fully saturated rings. The Balaban J connectivity index is 1.38. The number of aryl methyl sites for hydroxylation is 1. The lowest BCUT2D eigenvalue weighted by Crippen LogP contribution is -2.46. The van der Waals surface area contributed by atoms with Crippen molar-refractivity contribution in [1.82, 2.24) is 4.90 Å². The van der Waals surface area contributed by atoms with E-state index in [1.54, 1.807) is 19.1 Å². The normalized spacial score (nSPS) is 23.5. The van der Waals surface area contributed by atoms with Crippen LogP contribution in [0.15, 0.2) is 52.9 Å². The Labute approximate surface area is 241 Å². The fourth-order valence-electron chi connectivity index (χ4n) is 6.87. The molecule has 3 atom stereocenters. The molecule has 0 spiro atoms. The molecule has 218 valence electrons. The first kappa shape index (κ1) is 29.0. The molecule has 0 unspecified atom stereocenters. The molecule has 2 aliphatic rings. The Kier molecular flexibility index (Phi) is 8.91. The Morgan fingerprint density at radius 3 is 2.51 bits per heavy atom. The van der Waals surface area contributed by atoms with Gasteiger partial charge in [-0.05, 0) is 92.7 Å². The first-order valence-electron chi connectivity index (χ1n) is 14.9. The molecule has 1 aliphatic heterocycles. The molecule has 6 nitrogen and oxygen atoms in total. The third-order valence-electron chi connectivity index (χ3n) is 9.20. The molecule has 1 amide bonds. The van der Waals surface area contributed by atoms with Crippen molar-refractivity contribution >= 4 is 28.6 Å². The van der Waals surface area contributed by atoms with Gasteiger partial charge >= 0.3 is 5.97 Å². The third-order valence-corrected chi connectivity index (χ3v) is 9.20. The molecule has 2 aromatic carbocycles. The van der Waals surface area contributed by atoms with Crippen LogP contribution in [-0.4, -0.2) is 48.4 Å². The maximum atomic E-state index is 14.1. The number of Topliss-reactive ketones (excluding diaryl/α,β-unsaturated/α-hetero) is 1. The van der Waals surface area contributed by atoms with Crippen LogP contribution >= 0.6 is 0 Å². The summed E-state index contributed by atoms with van der Waals surface area (Å²) in [5.74, 6) is -0.145. The number of carbonyl (C=O) groups excluding carboxylic acids is 3. The number of rotatable bonds is 9. The van der Waals surface area contributed by atoms with Crippen LogP contribution in [0.25, 0.3) is 11.0 Å². The van der Waals surface area contributed by atoms with Crippen molar-refractivity contribution in [2.24, 2.45) is 17.8 Å². The lowest BCUT2D eigenvalue weighted by molar-refractivity contribution is -0.142. The van der Waals surface area contributed by atoms with Crippen LogP contribution in [0.4, 0.5) is 4.39 Å². The van der Waals surface area contributed by atoms with Crippen LogP contribution in [-0.2, 0) is 20.7 Å². The summed E-state index contributed by atoms with van der Waals surface area (Å²) in [6, 6.07) is 14.7. The minimum absolute atomic E-state index is 0.0114. The van der Waals surface area contributed by atoms with Gasteiger partial charge in [0.05, 0.1) is 19.3 Å². The molecule has 2 heterocycles. The number of carbonyl (C=O) groups is 3. The van der Waals surface area contributed by atoms with Gasteiger partial charge in [0.25, 0.3) is 0 Å². The smallest absolute Gasteiger partial charge is 0.374 e. The highest BCUT2D eigenvalue weighted by atomic mass is 19.1. The lowest BCUT2D eigenvalue weighted by atomic mass is 9.76. The van der Waals surface area contributed by atoms with Crippen molar-refractivity contribution in [2.75, 3.05) is 19.8 Å². The van der Waals surface area contributed by atoms with Gasteiger partial charge in [0.1, 0.15) is 5.58 Å². The zero-order valence-electron chi connectivity index (χ0n) is 24.2. The zero-order valence-corrected chi connectivity index (χ0v) is 24.2. The molecule has 5 rings (SSSR count). The number of halogens is 1. The van der Waals surface area contributed by atoms with E-state index in [1.807, 2.05) is 36.1 Å². The van der Waals surface area contributed by atoms with E-state index in [9.17, 15) is 18.8 Å². The summed E-state index contributed by atoms with van der Waals surface area (Å²) < 4.78 is 23.9. The predicted octanol–water partition coefficient (Wildman–Crippen LogP) is 6.83. The maximum absolute atomic E-state index is 14.1. The minimum Gasteiger partial charge on any atom is -0.460 e. The van der Waals surface area contributed by atoms with Crippen molar-refractivity contribution in [3.63, 3.8) is 0 Å². The number of ketones is 1. The number of ether oxygens (including phenoxy) is 1. The molecule has 1 saturated heterocycles. The summed E-state index contributed by atoms with van der Waals surface area (Å²) in [4.78, 5) is 42.0. The van der Waals surface area contributed by atoms with Gasteiger partial charge in [-0.25, -0.2) is 4.79 Å². The van der Waals surface area contributed by atoms with Gasteiger partial charge < -0.3 is 14.1 Å². The number of hydrogen-bond acceptors (Lipinski definition) is 5. The summed E-state index contributed by atoms with van der Waals surface area (Å²) in [6.45, 7) is 6.24. The Morgan fingerprint density at radius 1 is 1.05 bits per heavy atom. The fraction of sp³-hybridized carbons (Fsp3) is 0.500. The lowest BCUT2D eigenvalue weighted by Gasteiger charge is -2.35. The summed E-state index contributed by atoms with van der Waals surface area (Å²) in [6.07, 6.45) is 4.13. The second-order valence-corrected chi connectivity index (χ2v) is 11.8. The second kappa shape index (κ2) is 12.6. The number of furan rings is 1. The highest BCUT2D eigenvalue weighted by Gasteiger charge is 2.44. The van der Waals surface area contributed by atoms with Crippen molar-refractivity contribution in [3.8, 4) is 0 Å². The van der Waals surface area contributed by atoms with Gasteiger partial charge in [-0.3, -0.25) is 14.0 Å². The zero-order chi connectivity index (χ0) is 29.1. The van der Waals surface area contributed by atoms with Crippen LogP contribution in [0.2, 0.25) is 0 Å².